The molecule has 2 atom stereocenters. The molecule has 0 bridgehead atoms. The number of carboxylic acids is 1. The Morgan fingerprint density at radius 1 is 1.19 bits per heavy atom. The quantitative estimate of drug-likeness (QED) is 0.701. The predicted octanol–water partition coefficient (Wildman–Crippen LogP) is 2.50. The van der Waals surface area contributed by atoms with E-state index in [0.717, 1.165) is 0 Å². The molecule has 2 aromatic rings. The summed E-state index contributed by atoms with van der Waals surface area (Å²) in [5, 5.41) is 28.3. The van der Waals surface area contributed by atoms with Crippen LogP contribution in [-0.2, 0) is 4.79 Å². The molecule has 2 rings (SSSR count). The Hall–Kier alpha value is -2.64. The van der Waals surface area contributed by atoms with Gasteiger partial charge in [0.05, 0.1) is 24.3 Å². The highest BCUT2D eigenvalue weighted by Gasteiger charge is 2.14. The molecule has 7 heteroatoms. The summed E-state index contributed by atoms with van der Waals surface area (Å²) >= 11 is 0. The molecule has 26 heavy (non-hydrogen) atoms. The van der Waals surface area contributed by atoms with Crippen molar-refractivity contribution in [3.63, 3.8) is 0 Å². The molecule has 138 valence electrons. The molecular weight excluding hydrogens is 339 g/mol. The number of benzene rings is 1. The second kappa shape index (κ2) is 8.64. The number of aliphatic hydroxyl groups excluding tert-OH is 2. The summed E-state index contributed by atoms with van der Waals surface area (Å²) in [6, 6.07) is 5.90. The monoisotopic (exact) mass is 360 g/mol. The number of carboxylic acid groups (broad SMARTS) is 1. The third-order valence-electron chi connectivity index (χ3n) is 3.77. The molecule has 0 radical (unpaired) electrons. The van der Waals surface area contributed by atoms with Crippen molar-refractivity contribution in [2.75, 3.05) is 0 Å². The Bertz CT molecular complexity index is 806. The molecule has 3 N–H and O–H groups in total. The van der Waals surface area contributed by atoms with Crippen LogP contribution in [0.5, 0.6) is 0 Å². The van der Waals surface area contributed by atoms with E-state index in [1.807, 2.05) is 0 Å². The van der Waals surface area contributed by atoms with Gasteiger partial charge in [0, 0.05) is 23.2 Å². The Balaban J connectivity index is 2.28. The molecule has 0 aliphatic carbocycles. The zero-order valence-electron chi connectivity index (χ0n) is 14.6. The van der Waals surface area contributed by atoms with E-state index < -0.39 is 24.6 Å². The number of aryl methyl sites for hydroxylation is 2. The van der Waals surface area contributed by atoms with E-state index in [1.165, 1.54) is 18.2 Å². The fraction of sp³-hybridized carbons (Fsp3) is 0.316. The fourth-order valence-electron chi connectivity index (χ4n) is 2.60. The van der Waals surface area contributed by atoms with Crippen molar-refractivity contribution in [1.82, 2.24) is 9.97 Å². The van der Waals surface area contributed by atoms with Crippen LogP contribution in [0.3, 0.4) is 0 Å². The van der Waals surface area contributed by atoms with Crippen LogP contribution in [0.2, 0.25) is 0 Å². The molecule has 0 fully saturated rings. The first-order chi connectivity index (χ1) is 12.3. The first-order valence-corrected chi connectivity index (χ1v) is 8.13. The molecule has 0 saturated carbocycles. The van der Waals surface area contributed by atoms with Gasteiger partial charge in [0.25, 0.3) is 0 Å². The maximum absolute atomic E-state index is 13.2. The zero-order valence-corrected chi connectivity index (χ0v) is 14.6. The SMILES string of the molecule is Cc1nc(C)c(/C=C/[C@H](O)C[C@H](O)CC(=O)O)c(-c2ccc(F)cc2)n1. The summed E-state index contributed by atoms with van der Waals surface area (Å²) < 4.78 is 13.2. The highest BCUT2D eigenvalue weighted by molar-refractivity contribution is 5.73. The number of halogens is 1. The minimum atomic E-state index is -1.14. The van der Waals surface area contributed by atoms with Crippen LogP contribution < -0.4 is 0 Å². The second-order valence-electron chi connectivity index (χ2n) is 6.04. The van der Waals surface area contributed by atoms with Crippen molar-refractivity contribution >= 4 is 12.0 Å². The number of nitrogens with zero attached hydrogens (tertiary/aromatic N) is 2. The van der Waals surface area contributed by atoms with Gasteiger partial charge < -0.3 is 15.3 Å². The molecule has 0 amide bonds. The standard InChI is InChI=1S/C19H21FN2O4/c1-11-17(8-7-15(23)9-16(24)10-18(25)26)19(22-12(2)21-11)13-3-5-14(20)6-4-13/h3-8,15-16,23-24H,9-10H2,1-2H3,(H,25,26)/b8-7+/t15-,16-/m0/s1. The van der Waals surface area contributed by atoms with E-state index in [1.54, 1.807) is 32.1 Å². The van der Waals surface area contributed by atoms with Crippen LogP contribution in [0.25, 0.3) is 17.3 Å². The van der Waals surface area contributed by atoms with Gasteiger partial charge in [-0.25, -0.2) is 14.4 Å². The molecule has 1 aromatic carbocycles. The average molecular weight is 360 g/mol. The summed E-state index contributed by atoms with van der Waals surface area (Å²) in [6.45, 7) is 3.55. The van der Waals surface area contributed by atoms with E-state index in [2.05, 4.69) is 9.97 Å². The van der Waals surface area contributed by atoms with Gasteiger partial charge in [-0.1, -0.05) is 12.2 Å². The van der Waals surface area contributed by atoms with Crippen molar-refractivity contribution < 1.29 is 24.5 Å². The number of aliphatic carboxylic acids is 1. The summed E-state index contributed by atoms with van der Waals surface area (Å²) in [7, 11) is 0. The Kier molecular flexibility index (Phi) is 6.54. The molecule has 1 heterocycles. The minimum Gasteiger partial charge on any atom is -0.481 e. The molecule has 0 spiro atoms. The normalized spacial score (nSPS) is 13.7. The lowest BCUT2D eigenvalue weighted by Gasteiger charge is -2.12. The molecule has 0 unspecified atom stereocenters. The van der Waals surface area contributed by atoms with E-state index >= 15 is 0 Å². The van der Waals surface area contributed by atoms with Crippen LogP contribution in [0.15, 0.2) is 30.3 Å². The molecular formula is C19H21FN2O4. The van der Waals surface area contributed by atoms with Crippen LogP contribution in [-0.4, -0.2) is 43.5 Å². The van der Waals surface area contributed by atoms with Crippen molar-refractivity contribution in [2.45, 2.75) is 38.9 Å². The molecule has 1 aromatic heterocycles. The number of hydrogen-bond donors (Lipinski definition) is 3. The van der Waals surface area contributed by atoms with Crippen LogP contribution in [0.4, 0.5) is 4.39 Å². The topological polar surface area (TPSA) is 104 Å². The second-order valence-corrected chi connectivity index (χ2v) is 6.04. The first kappa shape index (κ1) is 19.7. The molecule has 6 nitrogen and oxygen atoms in total. The van der Waals surface area contributed by atoms with Crippen molar-refractivity contribution in [3.8, 4) is 11.3 Å². The van der Waals surface area contributed by atoms with Crippen LogP contribution in [0, 0.1) is 19.7 Å². The van der Waals surface area contributed by atoms with Crippen LogP contribution in [0.1, 0.15) is 29.9 Å². The zero-order chi connectivity index (χ0) is 19.3. The van der Waals surface area contributed by atoms with Crippen molar-refractivity contribution in [2.24, 2.45) is 0 Å². The third kappa shape index (κ3) is 5.44. The number of aromatic nitrogens is 2. The average Bonchev–Trinajstić information content (AvgIpc) is 2.53. The summed E-state index contributed by atoms with van der Waals surface area (Å²) in [5.74, 6) is -0.914. The van der Waals surface area contributed by atoms with Gasteiger partial charge in [0.1, 0.15) is 11.6 Å². The van der Waals surface area contributed by atoms with Gasteiger partial charge in [0.15, 0.2) is 0 Å². The summed E-state index contributed by atoms with van der Waals surface area (Å²) in [4.78, 5) is 19.3. The van der Waals surface area contributed by atoms with Gasteiger partial charge in [-0.2, -0.15) is 0 Å². The Morgan fingerprint density at radius 2 is 1.85 bits per heavy atom. The highest BCUT2D eigenvalue weighted by Crippen LogP contribution is 2.25. The van der Waals surface area contributed by atoms with E-state index in [9.17, 15) is 19.4 Å². The third-order valence-corrected chi connectivity index (χ3v) is 3.77. The Labute approximate surface area is 150 Å². The van der Waals surface area contributed by atoms with E-state index in [4.69, 9.17) is 5.11 Å². The fourth-order valence-corrected chi connectivity index (χ4v) is 2.60. The molecule has 0 aliphatic rings. The lowest BCUT2D eigenvalue weighted by Crippen LogP contribution is -2.19. The lowest BCUT2D eigenvalue weighted by atomic mass is 10.0. The van der Waals surface area contributed by atoms with Gasteiger partial charge >= 0.3 is 5.97 Å². The maximum atomic E-state index is 13.2. The predicted molar refractivity (Wildman–Crippen MR) is 94.8 cm³/mol. The summed E-state index contributed by atoms with van der Waals surface area (Å²) in [6.07, 6.45) is 0.397. The number of aliphatic hydroxyl groups is 2. The van der Waals surface area contributed by atoms with Gasteiger partial charge in [-0.3, -0.25) is 4.79 Å². The van der Waals surface area contributed by atoms with E-state index in [0.29, 0.717) is 28.3 Å². The van der Waals surface area contributed by atoms with Crippen LogP contribution >= 0.6 is 0 Å². The number of hydrogen-bond acceptors (Lipinski definition) is 5. The number of rotatable bonds is 7. The summed E-state index contributed by atoms with van der Waals surface area (Å²) in [5.41, 5.74) is 2.66. The Morgan fingerprint density at radius 3 is 2.46 bits per heavy atom. The lowest BCUT2D eigenvalue weighted by molar-refractivity contribution is -0.139. The molecule has 0 aliphatic heterocycles. The smallest absolute Gasteiger partial charge is 0.305 e. The van der Waals surface area contributed by atoms with Crippen molar-refractivity contribution in [1.29, 1.82) is 0 Å². The highest BCUT2D eigenvalue weighted by atomic mass is 19.1. The van der Waals surface area contributed by atoms with Gasteiger partial charge in [0.2, 0.25) is 0 Å². The van der Waals surface area contributed by atoms with E-state index in [-0.39, 0.29) is 12.2 Å². The van der Waals surface area contributed by atoms with Gasteiger partial charge in [-0.15, -0.1) is 0 Å². The first-order valence-electron chi connectivity index (χ1n) is 8.13. The molecule has 0 saturated heterocycles. The minimum absolute atomic E-state index is 0.0968. The largest absolute Gasteiger partial charge is 0.481 e. The maximum Gasteiger partial charge on any atom is 0.305 e. The van der Waals surface area contributed by atoms with Crippen molar-refractivity contribution in [3.05, 3.63) is 53.2 Å². The van der Waals surface area contributed by atoms with Gasteiger partial charge in [-0.05, 0) is 38.1 Å². The number of carbonyl (C=O) groups is 1.